The Morgan fingerprint density at radius 3 is 1.86 bits per heavy atom. The monoisotopic (exact) mass is 301 g/mol. The molecule has 0 bridgehead atoms. The lowest BCUT2D eigenvalue weighted by molar-refractivity contribution is 0.491. The molecule has 0 heterocycles. The summed E-state index contributed by atoms with van der Waals surface area (Å²) in [4.78, 5) is 0. The fraction of sp³-hybridized carbons (Fsp3) is 0.647. The number of hydrogen-bond donors (Lipinski definition) is 1. The maximum atomic E-state index is 13.7. The second-order valence-corrected chi connectivity index (χ2v) is 5.58. The number of hydrogen-bond acceptors (Lipinski definition) is 1. The predicted octanol–water partition coefficient (Wildman–Crippen LogP) is 6.05. The fourth-order valence-electron chi connectivity index (χ4n) is 2.42. The maximum Gasteiger partial charge on any atom is 0.161 e. The molecule has 0 radical (unpaired) electrons. The molecule has 1 aromatic carbocycles. The van der Waals surface area contributed by atoms with Gasteiger partial charge < -0.3 is 5.32 Å². The Hall–Kier alpha value is -1.19. The van der Waals surface area contributed by atoms with Crippen LogP contribution in [0.25, 0.3) is 0 Å². The maximum absolute atomic E-state index is 13.7. The minimum Gasteiger partial charge on any atom is -0.380 e. The SMILES string of the molecule is CCCCCC(CCCCC)Nc1cc(F)c(F)cc1F. The van der Waals surface area contributed by atoms with Gasteiger partial charge in [0.15, 0.2) is 11.6 Å². The zero-order valence-electron chi connectivity index (χ0n) is 13.0. The summed E-state index contributed by atoms with van der Waals surface area (Å²) in [5.74, 6) is -2.89. The fourth-order valence-corrected chi connectivity index (χ4v) is 2.42. The van der Waals surface area contributed by atoms with Crippen LogP contribution in [0, 0.1) is 17.5 Å². The first-order chi connectivity index (χ1) is 10.1. The van der Waals surface area contributed by atoms with Crippen molar-refractivity contribution in [3.8, 4) is 0 Å². The van der Waals surface area contributed by atoms with E-state index in [1.54, 1.807) is 0 Å². The predicted molar refractivity (Wildman–Crippen MR) is 82.0 cm³/mol. The molecule has 0 spiro atoms. The highest BCUT2D eigenvalue weighted by Crippen LogP contribution is 2.22. The number of nitrogens with one attached hydrogen (secondary N) is 1. The van der Waals surface area contributed by atoms with Gasteiger partial charge in [0.25, 0.3) is 0 Å². The van der Waals surface area contributed by atoms with E-state index in [0.29, 0.717) is 6.07 Å². The summed E-state index contributed by atoms with van der Waals surface area (Å²) in [6.07, 6.45) is 8.49. The third kappa shape index (κ3) is 6.40. The Kier molecular flexibility index (Phi) is 8.24. The molecular formula is C17H26F3N. The average Bonchev–Trinajstić information content (AvgIpc) is 2.45. The van der Waals surface area contributed by atoms with E-state index in [9.17, 15) is 13.2 Å². The summed E-state index contributed by atoms with van der Waals surface area (Å²) in [6, 6.07) is 1.63. The summed E-state index contributed by atoms with van der Waals surface area (Å²) in [7, 11) is 0. The number of anilines is 1. The van der Waals surface area contributed by atoms with Gasteiger partial charge >= 0.3 is 0 Å². The Balaban J connectivity index is 2.67. The van der Waals surface area contributed by atoms with E-state index in [2.05, 4.69) is 19.2 Å². The lowest BCUT2D eigenvalue weighted by Gasteiger charge is -2.20. The van der Waals surface area contributed by atoms with Crippen LogP contribution in [0.2, 0.25) is 0 Å². The van der Waals surface area contributed by atoms with Crippen molar-refractivity contribution < 1.29 is 13.2 Å². The smallest absolute Gasteiger partial charge is 0.161 e. The normalized spacial score (nSPS) is 11.1. The quantitative estimate of drug-likeness (QED) is 0.410. The van der Waals surface area contributed by atoms with Gasteiger partial charge in [0, 0.05) is 18.2 Å². The molecule has 0 amide bonds. The molecule has 0 aliphatic rings. The van der Waals surface area contributed by atoms with E-state index in [1.807, 2.05) is 0 Å². The largest absolute Gasteiger partial charge is 0.380 e. The van der Waals surface area contributed by atoms with Crippen LogP contribution in [0.5, 0.6) is 0 Å². The second-order valence-electron chi connectivity index (χ2n) is 5.58. The Bertz CT molecular complexity index is 411. The van der Waals surface area contributed by atoms with Crippen molar-refractivity contribution in [3.05, 3.63) is 29.6 Å². The molecule has 120 valence electrons. The van der Waals surface area contributed by atoms with Gasteiger partial charge in [-0.15, -0.1) is 0 Å². The van der Waals surface area contributed by atoms with Crippen LogP contribution in [0.3, 0.4) is 0 Å². The molecule has 1 aromatic rings. The Morgan fingerprint density at radius 2 is 1.33 bits per heavy atom. The first-order valence-corrected chi connectivity index (χ1v) is 7.99. The van der Waals surface area contributed by atoms with E-state index >= 15 is 0 Å². The topological polar surface area (TPSA) is 12.0 Å². The molecule has 0 atom stereocenters. The van der Waals surface area contributed by atoms with E-state index in [1.165, 1.54) is 0 Å². The molecule has 1 nitrogen and oxygen atoms in total. The third-order valence-electron chi connectivity index (χ3n) is 3.68. The van der Waals surface area contributed by atoms with Gasteiger partial charge in [-0.1, -0.05) is 52.4 Å². The molecule has 0 aromatic heterocycles. The van der Waals surface area contributed by atoms with Crippen LogP contribution >= 0.6 is 0 Å². The second kappa shape index (κ2) is 9.69. The molecule has 0 aliphatic heterocycles. The van der Waals surface area contributed by atoms with E-state index in [4.69, 9.17) is 0 Å². The van der Waals surface area contributed by atoms with E-state index < -0.39 is 17.5 Å². The first kappa shape index (κ1) is 17.9. The molecule has 1 N–H and O–H groups in total. The van der Waals surface area contributed by atoms with Crippen molar-refractivity contribution in [2.45, 2.75) is 71.3 Å². The van der Waals surface area contributed by atoms with Crippen LogP contribution in [-0.4, -0.2) is 6.04 Å². The summed E-state index contributed by atoms with van der Waals surface area (Å²) in [5.41, 5.74) is 0.0619. The molecule has 0 saturated heterocycles. The zero-order valence-corrected chi connectivity index (χ0v) is 13.0. The standard InChI is InChI=1S/C17H26F3N/c1-3-5-7-9-13(10-8-6-4-2)21-17-12-15(19)14(18)11-16(17)20/h11-13,21H,3-10H2,1-2H3. The first-order valence-electron chi connectivity index (χ1n) is 7.99. The van der Waals surface area contributed by atoms with Gasteiger partial charge in [0.2, 0.25) is 0 Å². The van der Waals surface area contributed by atoms with Crippen molar-refractivity contribution in [2.75, 3.05) is 5.32 Å². The summed E-state index contributed by atoms with van der Waals surface area (Å²) < 4.78 is 39.9. The van der Waals surface area contributed by atoms with Crippen LogP contribution in [0.4, 0.5) is 18.9 Å². The van der Waals surface area contributed by atoms with Crippen LogP contribution in [0.1, 0.15) is 65.2 Å². The summed E-state index contributed by atoms with van der Waals surface area (Å²) >= 11 is 0. The van der Waals surface area contributed by atoms with Gasteiger partial charge in [0.05, 0.1) is 5.69 Å². The van der Waals surface area contributed by atoms with Gasteiger partial charge in [-0.2, -0.15) is 0 Å². The highest BCUT2D eigenvalue weighted by atomic mass is 19.2. The zero-order chi connectivity index (χ0) is 15.7. The van der Waals surface area contributed by atoms with Crippen molar-refractivity contribution in [3.63, 3.8) is 0 Å². The molecule has 0 saturated carbocycles. The van der Waals surface area contributed by atoms with Crippen LogP contribution < -0.4 is 5.32 Å². The molecule has 1 rings (SSSR count). The summed E-state index contributed by atoms with van der Waals surface area (Å²) in [6.45, 7) is 4.27. The van der Waals surface area contributed by atoms with Gasteiger partial charge in [0.1, 0.15) is 5.82 Å². The number of unbranched alkanes of at least 4 members (excludes halogenated alkanes) is 4. The molecule has 0 aliphatic carbocycles. The van der Waals surface area contributed by atoms with Gasteiger partial charge in [-0.3, -0.25) is 0 Å². The Labute approximate surface area is 125 Å². The molecule has 0 fully saturated rings. The number of rotatable bonds is 10. The average molecular weight is 301 g/mol. The van der Waals surface area contributed by atoms with Crippen molar-refractivity contribution in [1.82, 2.24) is 0 Å². The lowest BCUT2D eigenvalue weighted by Crippen LogP contribution is -2.20. The minimum atomic E-state index is -1.15. The molecular weight excluding hydrogens is 275 g/mol. The van der Waals surface area contributed by atoms with E-state index in [-0.39, 0.29) is 11.7 Å². The molecule has 4 heteroatoms. The highest BCUT2D eigenvalue weighted by Gasteiger charge is 2.14. The van der Waals surface area contributed by atoms with Gasteiger partial charge in [-0.25, -0.2) is 13.2 Å². The van der Waals surface area contributed by atoms with Crippen molar-refractivity contribution >= 4 is 5.69 Å². The minimum absolute atomic E-state index is 0.0619. The van der Waals surface area contributed by atoms with Crippen LogP contribution in [-0.2, 0) is 0 Å². The van der Waals surface area contributed by atoms with Crippen molar-refractivity contribution in [2.24, 2.45) is 0 Å². The number of halogens is 3. The number of benzene rings is 1. The highest BCUT2D eigenvalue weighted by molar-refractivity contribution is 5.46. The molecule has 0 unspecified atom stereocenters. The van der Waals surface area contributed by atoms with Gasteiger partial charge in [-0.05, 0) is 12.8 Å². The summed E-state index contributed by atoms with van der Waals surface area (Å²) in [5, 5.41) is 3.05. The van der Waals surface area contributed by atoms with E-state index in [0.717, 1.165) is 57.4 Å². The molecule has 21 heavy (non-hydrogen) atoms. The lowest BCUT2D eigenvalue weighted by atomic mass is 10.0. The third-order valence-corrected chi connectivity index (χ3v) is 3.68. The Morgan fingerprint density at radius 1 is 0.810 bits per heavy atom. The van der Waals surface area contributed by atoms with Crippen LogP contribution in [0.15, 0.2) is 12.1 Å². The van der Waals surface area contributed by atoms with Crippen molar-refractivity contribution in [1.29, 1.82) is 0 Å².